The lowest BCUT2D eigenvalue weighted by Crippen LogP contribution is -2.19. The molecule has 0 amide bonds. The molecule has 1 fully saturated rings. The van der Waals surface area contributed by atoms with E-state index in [1.165, 1.54) is 19.3 Å². The summed E-state index contributed by atoms with van der Waals surface area (Å²) in [6.07, 6.45) is 4.11. The van der Waals surface area contributed by atoms with Crippen molar-refractivity contribution in [2.24, 2.45) is 5.92 Å². The number of hydrogen-bond acceptors (Lipinski definition) is 5. The molecule has 4 nitrogen and oxygen atoms in total. The molecule has 1 unspecified atom stereocenters. The first-order valence-corrected chi connectivity index (χ1v) is 7.95. The number of rotatable bonds is 6. The summed E-state index contributed by atoms with van der Waals surface area (Å²) < 4.78 is 4.94. The standard InChI is InChI=1S/C14H22N2O2S/c1-3-5-11-6-7-16(9-11)14-15-12(10-19-14)8-13(17)18-4-2/h10-11H,3-9H2,1-2H3. The SMILES string of the molecule is CCCC1CCN(c2nc(CC(=O)OCC)cs2)C1. The predicted molar refractivity (Wildman–Crippen MR) is 77.7 cm³/mol. The molecule has 106 valence electrons. The van der Waals surface area contributed by atoms with Gasteiger partial charge in [0.25, 0.3) is 0 Å². The van der Waals surface area contributed by atoms with Crippen molar-refractivity contribution in [3.8, 4) is 0 Å². The summed E-state index contributed by atoms with van der Waals surface area (Å²) >= 11 is 1.63. The minimum absolute atomic E-state index is 0.190. The maximum atomic E-state index is 11.4. The van der Waals surface area contributed by atoms with Gasteiger partial charge < -0.3 is 9.64 Å². The molecule has 0 N–H and O–H groups in total. The van der Waals surface area contributed by atoms with E-state index in [0.29, 0.717) is 6.61 Å². The third-order valence-corrected chi connectivity index (χ3v) is 4.37. The molecule has 19 heavy (non-hydrogen) atoms. The fourth-order valence-electron chi connectivity index (χ4n) is 2.53. The summed E-state index contributed by atoms with van der Waals surface area (Å²) in [5, 5.41) is 3.03. The smallest absolute Gasteiger partial charge is 0.311 e. The Bertz CT molecular complexity index is 419. The van der Waals surface area contributed by atoms with Crippen molar-refractivity contribution in [1.82, 2.24) is 4.98 Å². The van der Waals surface area contributed by atoms with E-state index in [9.17, 15) is 4.79 Å². The second-order valence-electron chi connectivity index (χ2n) is 4.99. The highest BCUT2D eigenvalue weighted by molar-refractivity contribution is 7.13. The molecular formula is C14H22N2O2S. The largest absolute Gasteiger partial charge is 0.466 e. The molecule has 5 heteroatoms. The number of nitrogens with zero attached hydrogens (tertiary/aromatic N) is 2. The van der Waals surface area contributed by atoms with Crippen LogP contribution in [0, 0.1) is 5.92 Å². The van der Waals surface area contributed by atoms with Gasteiger partial charge in [0.05, 0.1) is 18.7 Å². The van der Waals surface area contributed by atoms with Crippen molar-refractivity contribution in [1.29, 1.82) is 0 Å². The van der Waals surface area contributed by atoms with E-state index < -0.39 is 0 Å². The van der Waals surface area contributed by atoms with Crippen LogP contribution in [0.25, 0.3) is 0 Å². The van der Waals surface area contributed by atoms with Crippen molar-refractivity contribution in [2.45, 2.75) is 39.5 Å². The highest BCUT2D eigenvalue weighted by atomic mass is 32.1. The Labute approximate surface area is 118 Å². The van der Waals surface area contributed by atoms with Gasteiger partial charge in [0.15, 0.2) is 5.13 Å². The molecule has 0 bridgehead atoms. The van der Waals surface area contributed by atoms with Crippen LogP contribution in [0.3, 0.4) is 0 Å². The molecular weight excluding hydrogens is 260 g/mol. The summed E-state index contributed by atoms with van der Waals surface area (Å²) in [6.45, 7) is 6.70. The average Bonchev–Trinajstić information content (AvgIpc) is 2.99. The molecule has 1 saturated heterocycles. The van der Waals surface area contributed by atoms with E-state index in [2.05, 4.69) is 16.8 Å². The number of anilines is 1. The number of carbonyl (C=O) groups excluding carboxylic acids is 1. The van der Waals surface area contributed by atoms with Crippen LogP contribution in [0.5, 0.6) is 0 Å². The first kappa shape index (κ1) is 14.3. The van der Waals surface area contributed by atoms with E-state index in [-0.39, 0.29) is 12.4 Å². The minimum atomic E-state index is -0.190. The summed E-state index contributed by atoms with van der Waals surface area (Å²) in [7, 11) is 0. The summed E-state index contributed by atoms with van der Waals surface area (Å²) in [6, 6.07) is 0. The molecule has 1 aromatic rings. The quantitative estimate of drug-likeness (QED) is 0.752. The number of aromatic nitrogens is 1. The maximum absolute atomic E-state index is 11.4. The third-order valence-electron chi connectivity index (χ3n) is 3.42. The lowest BCUT2D eigenvalue weighted by Gasteiger charge is -2.14. The zero-order chi connectivity index (χ0) is 13.7. The molecule has 1 aliphatic heterocycles. The Morgan fingerprint density at radius 2 is 2.42 bits per heavy atom. The van der Waals surface area contributed by atoms with Gasteiger partial charge in [0.1, 0.15) is 0 Å². The minimum Gasteiger partial charge on any atom is -0.466 e. The van der Waals surface area contributed by atoms with Crippen LogP contribution >= 0.6 is 11.3 Å². The van der Waals surface area contributed by atoms with Crippen LogP contribution in [-0.2, 0) is 16.0 Å². The second kappa shape index (κ2) is 6.89. The Morgan fingerprint density at radius 1 is 1.58 bits per heavy atom. The number of esters is 1. The van der Waals surface area contributed by atoms with Gasteiger partial charge >= 0.3 is 5.97 Å². The van der Waals surface area contributed by atoms with Gasteiger partial charge in [-0.1, -0.05) is 13.3 Å². The Morgan fingerprint density at radius 3 is 3.16 bits per heavy atom. The van der Waals surface area contributed by atoms with Gasteiger partial charge in [-0.15, -0.1) is 11.3 Å². The monoisotopic (exact) mass is 282 g/mol. The zero-order valence-electron chi connectivity index (χ0n) is 11.7. The molecule has 2 rings (SSSR count). The highest BCUT2D eigenvalue weighted by Gasteiger charge is 2.24. The summed E-state index contributed by atoms with van der Waals surface area (Å²) in [5.74, 6) is 0.618. The van der Waals surface area contributed by atoms with Gasteiger partial charge in [-0.05, 0) is 25.7 Å². The van der Waals surface area contributed by atoms with E-state index in [1.54, 1.807) is 11.3 Å². The third kappa shape index (κ3) is 3.93. The topological polar surface area (TPSA) is 42.4 Å². The van der Waals surface area contributed by atoms with Crippen molar-refractivity contribution >= 4 is 22.4 Å². The first-order valence-electron chi connectivity index (χ1n) is 7.07. The van der Waals surface area contributed by atoms with Crippen molar-refractivity contribution in [3.63, 3.8) is 0 Å². The lowest BCUT2D eigenvalue weighted by atomic mass is 10.0. The Balaban J connectivity index is 1.89. The highest BCUT2D eigenvalue weighted by Crippen LogP contribution is 2.29. The van der Waals surface area contributed by atoms with Gasteiger partial charge in [0, 0.05) is 18.5 Å². The van der Waals surface area contributed by atoms with Crippen molar-refractivity contribution in [2.75, 3.05) is 24.6 Å². The van der Waals surface area contributed by atoms with Crippen LogP contribution < -0.4 is 4.90 Å². The molecule has 0 aliphatic carbocycles. The Hall–Kier alpha value is -1.10. The number of thiazole rings is 1. The van der Waals surface area contributed by atoms with Crippen LogP contribution in [-0.4, -0.2) is 30.6 Å². The van der Waals surface area contributed by atoms with Crippen molar-refractivity contribution in [3.05, 3.63) is 11.1 Å². The van der Waals surface area contributed by atoms with Gasteiger partial charge in [0.2, 0.25) is 0 Å². The van der Waals surface area contributed by atoms with Gasteiger partial charge in [-0.2, -0.15) is 0 Å². The van der Waals surface area contributed by atoms with Crippen LogP contribution in [0.1, 0.15) is 38.8 Å². The van der Waals surface area contributed by atoms with E-state index in [1.807, 2.05) is 12.3 Å². The lowest BCUT2D eigenvalue weighted by molar-refractivity contribution is -0.142. The molecule has 1 aliphatic rings. The van der Waals surface area contributed by atoms with E-state index in [0.717, 1.165) is 29.8 Å². The molecule has 1 atom stereocenters. The van der Waals surface area contributed by atoms with Gasteiger partial charge in [-0.25, -0.2) is 4.98 Å². The summed E-state index contributed by atoms with van der Waals surface area (Å²) in [5.41, 5.74) is 0.831. The number of carbonyl (C=O) groups is 1. The molecule has 0 radical (unpaired) electrons. The van der Waals surface area contributed by atoms with Crippen LogP contribution in [0.15, 0.2) is 5.38 Å². The van der Waals surface area contributed by atoms with Gasteiger partial charge in [-0.3, -0.25) is 4.79 Å². The predicted octanol–water partition coefficient (Wildman–Crippen LogP) is 2.88. The number of hydrogen-bond donors (Lipinski definition) is 0. The Kier molecular flexibility index (Phi) is 5.19. The van der Waals surface area contributed by atoms with Crippen LogP contribution in [0.4, 0.5) is 5.13 Å². The second-order valence-corrected chi connectivity index (χ2v) is 5.83. The normalized spacial score (nSPS) is 18.8. The van der Waals surface area contributed by atoms with Crippen molar-refractivity contribution < 1.29 is 9.53 Å². The zero-order valence-corrected chi connectivity index (χ0v) is 12.5. The first-order chi connectivity index (χ1) is 9.22. The molecule has 0 spiro atoms. The van der Waals surface area contributed by atoms with E-state index >= 15 is 0 Å². The molecule has 0 aromatic carbocycles. The molecule has 0 saturated carbocycles. The molecule has 1 aromatic heterocycles. The van der Waals surface area contributed by atoms with E-state index in [4.69, 9.17) is 4.74 Å². The maximum Gasteiger partial charge on any atom is 0.311 e. The fourth-order valence-corrected chi connectivity index (χ4v) is 3.40. The fraction of sp³-hybridized carbons (Fsp3) is 0.714. The van der Waals surface area contributed by atoms with Crippen LogP contribution in [0.2, 0.25) is 0 Å². The molecule has 2 heterocycles. The summed E-state index contributed by atoms with van der Waals surface area (Å²) in [4.78, 5) is 18.3. The average molecular weight is 282 g/mol. The number of ether oxygens (including phenoxy) is 1.